The number of primary amides is 1. The molecule has 1 aromatic rings. The normalized spacial score (nSPS) is 8.00. The second-order valence-corrected chi connectivity index (χ2v) is 1.58. The summed E-state index contributed by atoms with van der Waals surface area (Å²) in [5.41, 5.74) is 5.22. The molecular weight excluding hydrogens is 295 g/mol. The molecule has 0 aliphatic carbocycles. The number of carbonyl (C=O) groups excluding carboxylic acids is 1. The van der Waals surface area contributed by atoms with Crippen LogP contribution in [0.1, 0.15) is 10.5 Å². The van der Waals surface area contributed by atoms with E-state index in [-0.39, 0.29) is 25.8 Å². The summed E-state index contributed by atoms with van der Waals surface area (Å²) in [6.07, 6.45) is 1.53. The Morgan fingerprint density at radius 1 is 1.50 bits per heavy atom. The molecule has 0 saturated carbocycles. The quantitative estimate of drug-likeness (QED) is 0.752. The molecule has 1 aromatic heterocycles. The monoisotopic (exact) mass is 302 g/mol. The molecule has 0 atom stereocenters. The molecule has 4 heteroatoms. The van der Waals surface area contributed by atoms with Crippen molar-refractivity contribution in [1.29, 1.82) is 0 Å². The van der Waals surface area contributed by atoms with E-state index in [0.29, 0.717) is 5.69 Å². The third kappa shape index (κ3) is 2.39. The van der Waals surface area contributed by atoms with E-state index in [9.17, 15) is 4.79 Å². The number of pyridine rings is 1. The van der Waals surface area contributed by atoms with Crippen molar-refractivity contribution in [2.45, 2.75) is 0 Å². The summed E-state index contributed by atoms with van der Waals surface area (Å²) < 4.78 is 0. The molecule has 0 aliphatic heterocycles. The summed E-state index contributed by atoms with van der Waals surface area (Å²) in [4.78, 5) is 14.1. The maximum absolute atomic E-state index is 10.4. The fourth-order valence-corrected chi connectivity index (χ4v) is 0.509. The minimum atomic E-state index is -0.490. The first-order valence-corrected chi connectivity index (χ1v) is 2.51. The first-order chi connectivity index (χ1) is 4.30. The number of carbonyl (C=O) groups is 1. The standard InChI is InChI=1S/C6H6N2O.Hf/c7-6(9)5-3-1-2-4-8-5;/h1-4H,(H2,7,9);. The molecule has 1 rings (SSSR count). The van der Waals surface area contributed by atoms with Crippen LogP contribution in [0.5, 0.6) is 0 Å². The fourth-order valence-electron chi connectivity index (χ4n) is 0.509. The zero-order valence-electron chi connectivity index (χ0n) is 5.24. The smallest absolute Gasteiger partial charge is 0.267 e. The predicted octanol–water partition coefficient (Wildman–Crippen LogP) is 0.178. The second-order valence-electron chi connectivity index (χ2n) is 1.58. The summed E-state index contributed by atoms with van der Waals surface area (Å²) in [5.74, 6) is -0.490. The average Bonchev–Trinajstić information content (AvgIpc) is 1.90. The van der Waals surface area contributed by atoms with Gasteiger partial charge in [-0.15, -0.1) is 0 Å². The van der Waals surface area contributed by atoms with Crippen molar-refractivity contribution in [2.75, 3.05) is 0 Å². The summed E-state index contributed by atoms with van der Waals surface area (Å²) >= 11 is 0. The summed E-state index contributed by atoms with van der Waals surface area (Å²) in [6.45, 7) is 0. The Labute approximate surface area is 77.4 Å². The van der Waals surface area contributed by atoms with Gasteiger partial charge in [-0.25, -0.2) is 0 Å². The van der Waals surface area contributed by atoms with E-state index in [0.717, 1.165) is 0 Å². The number of nitrogens with two attached hydrogens (primary N) is 1. The van der Waals surface area contributed by atoms with Crippen molar-refractivity contribution >= 4 is 5.91 Å². The number of hydrogen-bond acceptors (Lipinski definition) is 2. The van der Waals surface area contributed by atoms with E-state index in [1.165, 1.54) is 6.20 Å². The minimum absolute atomic E-state index is 0. The predicted molar refractivity (Wildman–Crippen MR) is 32.8 cm³/mol. The summed E-state index contributed by atoms with van der Waals surface area (Å²) in [6, 6.07) is 5.02. The van der Waals surface area contributed by atoms with Crippen molar-refractivity contribution in [3.63, 3.8) is 0 Å². The summed E-state index contributed by atoms with van der Waals surface area (Å²) in [7, 11) is 0. The molecular formula is C6H6HfN2O. The molecule has 3 nitrogen and oxygen atoms in total. The number of amides is 1. The van der Waals surface area contributed by atoms with E-state index < -0.39 is 5.91 Å². The van der Waals surface area contributed by atoms with Gasteiger partial charge in [0.15, 0.2) is 0 Å². The largest absolute Gasteiger partial charge is 0.364 e. The van der Waals surface area contributed by atoms with Crippen LogP contribution in [0.25, 0.3) is 0 Å². The molecule has 0 aliphatic rings. The van der Waals surface area contributed by atoms with Crippen LogP contribution in [-0.2, 0) is 25.8 Å². The fraction of sp³-hybridized carbons (Fsp3) is 0. The Morgan fingerprint density at radius 3 is 2.50 bits per heavy atom. The van der Waals surface area contributed by atoms with Crippen LogP contribution in [0, 0.1) is 0 Å². The van der Waals surface area contributed by atoms with Crippen molar-refractivity contribution in [2.24, 2.45) is 5.73 Å². The number of aromatic nitrogens is 1. The maximum atomic E-state index is 10.4. The van der Waals surface area contributed by atoms with Gasteiger partial charge in [-0.3, -0.25) is 9.78 Å². The van der Waals surface area contributed by atoms with Crippen LogP contribution in [0.2, 0.25) is 0 Å². The first kappa shape index (κ1) is 9.49. The zero-order chi connectivity index (χ0) is 6.69. The third-order valence-corrected chi connectivity index (χ3v) is 0.917. The average molecular weight is 301 g/mol. The van der Waals surface area contributed by atoms with Gasteiger partial charge >= 0.3 is 0 Å². The number of nitrogens with zero attached hydrogens (tertiary/aromatic N) is 1. The Morgan fingerprint density at radius 2 is 2.20 bits per heavy atom. The molecule has 1 heterocycles. The Bertz CT molecular complexity index is 212. The molecule has 50 valence electrons. The Hall–Kier alpha value is -0.510. The Balaban J connectivity index is 0.000000810. The van der Waals surface area contributed by atoms with Gasteiger partial charge in [0.2, 0.25) is 0 Å². The van der Waals surface area contributed by atoms with Gasteiger partial charge in [-0.05, 0) is 12.1 Å². The molecule has 0 spiro atoms. The Kier molecular flexibility index (Phi) is 4.11. The van der Waals surface area contributed by atoms with E-state index in [2.05, 4.69) is 4.98 Å². The SMILES string of the molecule is NC(=O)c1ccccn1.[Hf]. The van der Waals surface area contributed by atoms with Crippen LogP contribution in [-0.4, -0.2) is 10.9 Å². The third-order valence-electron chi connectivity index (χ3n) is 0.917. The van der Waals surface area contributed by atoms with E-state index in [1.54, 1.807) is 18.2 Å². The molecule has 0 unspecified atom stereocenters. The van der Waals surface area contributed by atoms with E-state index in [1.807, 2.05) is 0 Å². The van der Waals surface area contributed by atoms with Gasteiger partial charge in [0.1, 0.15) is 5.69 Å². The van der Waals surface area contributed by atoms with Gasteiger partial charge < -0.3 is 5.73 Å². The first-order valence-electron chi connectivity index (χ1n) is 2.51. The molecule has 0 saturated heterocycles. The topological polar surface area (TPSA) is 56.0 Å². The van der Waals surface area contributed by atoms with Crippen LogP contribution >= 0.6 is 0 Å². The van der Waals surface area contributed by atoms with Gasteiger partial charge in [-0.2, -0.15) is 0 Å². The molecule has 0 fully saturated rings. The number of hydrogen-bond donors (Lipinski definition) is 1. The molecule has 0 radical (unpaired) electrons. The van der Waals surface area contributed by atoms with Gasteiger partial charge in [0, 0.05) is 32.0 Å². The van der Waals surface area contributed by atoms with Crippen LogP contribution in [0.4, 0.5) is 0 Å². The maximum Gasteiger partial charge on any atom is 0.267 e. The van der Waals surface area contributed by atoms with Crippen LogP contribution < -0.4 is 5.73 Å². The second kappa shape index (κ2) is 4.33. The van der Waals surface area contributed by atoms with Crippen molar-refractivity contribution in [1.82, 2.24) is 4.98 Å². The molecule has 1 amide bonds. The number of rotatable bonds is 1. The molecule has 0 bridgehead atoms. The molecule has 2 N–H and O–H groups in total. The minimum Gasteiger partial charge on any atom is -0.364 e. The van der Waals surface area contributed by atoms with Gasteiger partial charge in [0.25, 0.3) is 5.91 Å². The van der Waals surface area contributed by atoms with Gasteiger partial charge in [-0.1, -0.05) is 6.07 Å². The van der Waals surface area contributed by atoms with Crippen LogP contribution in [0.3, 0.4) is 0 Å². The van der Waals surface area contributed by atoms with Crippen LogP contribution in [0.15, 0.2) is 24.4 Å². The molecule has 0 aromatic carbocycles. The summed E-state index contributed by atoms with van der Waals surface area (Å²) in [5, 5.41) is 0. The van der Waals surface area contributed by atoms with Crippen molar-refractivity contribution in [3.8, 4) is 0 Å². The molecule has 10 heavy (non-hydrogen) atoms. The van der Waals surface area contributed by atoms with Gasteiger partial charge in [0.05, 0.1) is 0 Å². The zero-order valence-corrected chi connectivity index (χ0v) is 8.83. The van der Waals surface area contributed by atoms with Crippen molar-refractivity contribution < 1.29 is 30.6 Å². The van der Waals surface area contributed by atoms with E-state index in [4.69, 9.17) is 5.73 Å². The van der Waals surface area contributed by atoms with E-state index >= 15 is 0 Å². The van der Waals surface area contributed by atoms with Crippen molar-refractivity contribution in [3.05, 3.63) is 30.1 Å².